The molecule has 0 aliphatic rings. The summed E-state index contributed by atoms with van der Waals surface area (Å²) in [5.74, 6) is 0.00141. The van der Waals surface area contributed by atoms with Crippen molar-refractivity contribution < 1.29 is 9.90 Å². The normalized spacial score (nSPS) is 13.3. The molecule has 0 saturated carbocycles. The van der Waals surface area contributed by atoms with Gasteiger partial charge >= 0.3 is 0 Å². The lowest BCUT2D eigenvalue weighted by molar-refractivity contribution is -0.123. The van der Waals surface area contributed by atoms with E-state index in [2.05, 4.69) is 31.2 Å². The Morgan fingerprint density at radius 2 is 2.21 bits per heavy atom. The Labute approximate surface area is 115 Å². The summed E-state index contributed by atoms with van der Waals surface area (Å²) < 4.78 is 1.77. The van der Waals surface area contributed by atoms with Crippen molar-refractivity contribution in [1.29, 1.82) is 0 Å². The van der Waals surface area contributed by atoms with E-state index in [1.807, 2.05) is 13.1 Å². The summed E-state index contributed by atoms with van der Waals surface area (Å²) in [6.45, 7) is 8.82. The van der Waals surface area contributed by atoms with Crippen molar-refractivity contribution in [2.24, 2.45) is 5.41 Å². The number of carbonyl (C=O) groups is 1. The molecule has 0 spiro atoms. The Hall–Kier alpha value is -1.36. The van der Waals surface area contributed by atoms with Gasteiger partial charge in [-0.2, -0.15) is 5.10 Å². The second kappa shape index (κ2) is 6.70. The molecule has 108 valence electrons. The lowest BCUT2D eigenvalue weighted by Gasteiger charge is -2.31. The molecule has 1 rings (SSSR count). The van der Waals surface area contributed by atoms with Gasteiger partial charge in [0.1, 0.15) is 0 Å². The third-order valence-corrected chi connectivity index (χ3v) is 3.13. The monoisotopic (exact) mass is 267 g/mol. The van der Waals surface area contributed by atoms with Crippen LogP contribution in [0.5, 0.6) is 0 Å². The van der Waals surface area contributed by atoms with Crippen LogP contribution in [0.2, 0.25) is 0 Å². The second-order valence-electron chi connectivity index (χ2n) is 6.03. The molecule has 2 N–H and O–H groups in total. The molecular weight excluding hydrogens is 242 g/mol. The van der Waals surface area contributed by atoms with Crippen LogP contribution in [-0.2, 0) is 11.3 Å². The van der Waals surface area contributed by atoms with Crippen LogP contribution in [0.3, 0.4) is 0 Å². The summed E-state index contributed by atoms with van der Waals surface area (Å²) in [6.07, 6.45) is 4.68. The van der Waals surface area contributed by atoms with E-state index >= 15 is 0 Å². The minimum absolute atomic E-state index is 0.00141. The van der Waals surface area contributed by atoms with Crippen molar-refractivity contribution in [3.05, 3.63) is 18.0 Å². The smallest absolute Gasteiger partial charge is 0.222 e. The van der Waals surface area contributed by atoms with Crippen LogP contribution in [0, 0.1) is 12.3 Å². The van der Waals surface area contributed by atoms with Crippen LogP contribution < -0.4 is 5.32 Å². The van der Waals surface area contributed by atoms with Crippen LogP contribution in [0.15, 0.2) is 12.4 Å². The minimum Gasteiger partial charge on any atom is -0.396 e. The Morgan fingerprint density at radius 3 is 2.68 bits per heavy atom. The Balaban J connectivity index is 2.44. The molecule has 5 heteroatoms. The molecule has 19 heavy (non-hydrogen) atoms. The summed E-state index contributed by atoms with van der Waals surface area (Å²) in [5, 5.41) is 16.2. The largest absolute Gasteiger partial charge is 0.396 e. The predicted molar refractivity (Wildman–Crippen MR) is 74.7 cm³/mol. The Kier molecular flexibility index (Phi) is 5.54. The summed E-state index contributed by atoms with van der Waals surface area (Å²) >= 11 is 0. The van der Waals surface area contributed by atoms with E-state index in [4.69, 9.17) is 5.11 Å². The third kappa shape index (κ3) is 5.42. The second-order valence-corrected chi connectivity index (χ2v) is 6.03. The lowest BCUT2D eigenvalue weighted by Crippen LogP contribution is -2.44. The zero-order chi connectivity index (χ0) is 14.5. The molecule has 0 bridgehead atoms. The molecule has 5 nitrogen and oxygen atoms in total. The molecule has 1 aromatic rings. The van der Waals surface area contributed by atoms with Crippen LogP contribution in [0.4, 0.5) is 0 Å². The maximum absolute atomic E-state index is 11.9. The number of aryl methyl sites for hydroxylation is 2. The summed E-state index contributed by atoms with van der Waals surface area (Å²) in [6, 6.07) is -0.00985. The number of hydrogen-bond donors (Lipinski definition) is 2. The van der Waals surface area contributed by atoms with Gasteiger partial charge in [-0.3, -0.25) is 9.48 Å². The molecular formula is C14H25N3O2. The molecule has 1 amide bonds. The zero-order valence-electron chi connectivity index (χ0n) is 12.3. The quantitative estimate of drug-likeness (QED) is 0.820. The SMILES string of the molecule is Cc1cnn(CCC(=O)NC(CCO)C(C)(C)C)c1. The molecule has 1 aromatic heterocycles. The van der Waals surface area contributed by atoms with Gasteiger partial charge in [0, 0.05) is 31.8 Å². The van der Waals surface area contributed by atoms with Crippen molar-refractivity contribution >= 4 is 5.91 Å². The molecule has 0 aliphatic carbocycles. The zero-order valence-corrected chi connectivity index (χ0v) is 12.3. The van der Waals surface area contributed by atoms with E-state index in [-0.39, 0.29) is 24.0 Å². The highest BCUT2D eigenvalue weighted by Gasteiger charge is 2.25. The van der Waals surface area contributed by atoms with Crippen molar-refractivity contribution in [2.75, 3.05) is 6.61 Å². The molecule has 0 aliphatic heterocycles. The summed E-state index contributed by atoms with van der Waals surface area (Å²) in [7, 11) is 0. The van der Waals surface area contributed by atoms with Crippen molar-refractivity contribution in [3.8, 4) is 0 Å². The number of amides is 1. The highest BCUT2D eigenvalue weighted by Crippen LogP contribution is 2.21. The van der Waals surface area contributed by atoms with Gasteiger partial charge in [-0.15, -0.1) is 0 Å². The summed E-state index contributed by atoms with van der Waals surface area (Å²) in [4.78, 5) is 11.9. The number of aromatic nitrogens is 2. The first-order valence-electron chi connectivity index (χ1n) is 6.72. The average Bonchev–Trinajstić information content (AvgIpc) is 2.71. The molecule has 0 radical (unpaired) electrons. The number of aliphatic hydroxyl groups is 1. The third-order valence-electron chi connectivity index (χ3n) is 3.13. The van der Waals surface area contributed by atoms with E-state index in [0.717, 1.165) is 5.56 Å². The van der Waals surface area contributed by atoms with Gasteiger partial charge in [0.05, 0.1) is 6.20 Å². The van der Waals surface area contributed by atoms with Crippen LogP contribution >= 0.6 is 0 Å². The average molecular weight is 267 g/mol. The Morgan fingerprint density at radius 1 is 1.53 bits per heavy atom. The molecule has 0 aromatic carbocycles. The highest BCUT2D eigenvalue weighted by atomic mass is 16.3. The Bertz CT molecular complexity index is 407. The van der Waals surface area contributed by atoms with Gasteiger partial charge in [-0.25, -0.2) is 0 Å². The molecule has 1 unspecified atom stereocenters. The number of nitrogens with zero attached hydrogens (tertiary/aromatic N) is 2. The number of aliphatic hydroxyl groups excluding tert-OH is 1. The first kappa shape index (κ1) is 15.7. The van der Waals surface area contributed by atoms with Crippen molar-refractivity contribution in [1.82, 2.24) is 15.1 Å². The fourth-order valence-electron chi connectivity index (χ4n) is 1.92. The molecule has 0 saturated heterocycles. The standard InChI is InChI=1S/C14H25N3O2/c1-11-9-15-17(10-11)7-5-13(19)16-12(6-8-18)14(2,3)4/h9-10,12,18H,5-8H2,1-4H3,(H,16,19). The number of hydrogen-bond acceptors (Lipinski definition) is 3. The van der Waals surface area contributed by atoms with E-state index in [9.17, 15) is 4.79 Å². The molecule has 1 heterocycles. The van der Waals surface area contributed by atoms with Gasteiger partial charge in [-0.05, 0) is 24.3 Å². The minimum atomic E-state index is -0.0549. The molecule has 1 atom stereocenters. The van der Waals surface area contributed by atoms with E-state index < -0.39 is 0 Å². The van der Waals surface area contributed by atoms with Gasteiger partial charge in [-0.1, -0.05) is 20.8 Å². The lowest BCUT2D eigenvalue weighted by atomic mass is 9.85. The number of carbonyl (C=O) groups excluding carboxylic acids is 1. The molecule has 0 fully saturated rings. The fraction of sp³-hybridized carbons (Fsp3) is 0.714. The van der Waals surface area contributed by atoms with Gasteiger partial charge in [0.25, 0.3) is 0 Å². The van der Waals surface area contributed by atoms with Gasteiger partial charge < -0.3 is 10.4 Å². The fourth-order valence-corrected chi connectivity index (χ4v) is 1.92. The van der Waals surface area contributed by atoms with Gasteiger partial charge in [0.15, 0.2) is 0 Å². The first-order chi connectivity index (χ1) is 8.82. The maximum atomic E-state index is 11.9. The predicted octanol–water partition coefficient (Wildman–Crippen LogP) is 1.49. The van der Waals surface area contributed by atoms with Gasteiger partial charge in [0.2, 0.25) is 5.91 Å². The number of nitrogens with one attached hydrogen (secondary N) is 1. The highest BCUT2D eigenvalue weighted by molar-refractivity contribution is 5.76. The number of rotatable bonds is 6. The maximum Gasteiger partial charge on any atom is 0.222 e. The first-order valence-corrected chi connectivity index (χ1v) is 6.72. The van der Waals surface area contributed by atoms with Crippen LogP contribution in [-0.4, -0.2) is 33.4 Å². The summed E-state index contributed by atoms with van der Waals surface area (Å²) in [5.41, 5.74) is 1.04. The topological polar surface area (TPSA) is 67.2 Å². The van der Waals surface area contributed by atoms with Crippen LogP contribution in [0.25, 0.3) is 0 Å². The van der Waals surface area contributed by atoms with Crippen LogP contribution in [0.1, 0.15) is 39.2 Å². The van der Waals surface area contributed by atoms with E-state index in [1.165, 1.54) is 0 Å². The van der Waals surface area contributed by atoms with E-state index in [0.29, 0.717) is 19.4 Å². The van der Waals surface area contributed by atoms with Crippen molar-refractivity contribution in [3.63, 3.8) is 0 Å². The van der Waals surface area contributed by atoms with E-state index in [1.54, 1.807) is 10.9 Å². The van der Waals surface area contributed by atoms with Crippen molar-refractivity contribution in [2.45, 2.75) is 53.1 Å².